The zero-order chi connectivity index (χ0) is 24.8. The lowest BCUT2D eigenvalue weighted by molar-refractivity contribution is -0.120. The Balaban J connectivity index is 3.29. The molecule has 0 atom stereocenters. The van der Waals surface area contributed by atoms with Gasteiger partial charge < -0.3 is 0 Å². The van der Waals surface area contributed by atoms with Crippen LogP contribution in [0.25, 0.3) is 0 Å². The molecule has 0 aromatic carbocycles. The summed E-state index contributed by atoms with van der Waals surface area (Å²) in [5.41, 5.74) is -5.45. The standard InChI is InChI=1S/C25H46F3NO3S/c1-2-3-4-5-6-7-8-9-10-11-12-13-14-15-16-17-18-19-20-21-22-23-24(30)29-33(31,32)25(26,27)28/h2H,1,3-23H2,(H,29,30). The van der Waals surface area contributed by atoms with Crippen LogP contribution in [-0.4, -0.2) is 19.8 Å². The average molecular weight is 498 g/mol. The van der Waals surface area contributed by atoms with E-state index in [-0.39, 0.29) is 6.42 Å². The SMILES string of the molecule is C=CCCCCCCCCCCCCCCCCCCCCCC(=O)NS(=O)(=O)C(F)(F)F. The van der Waals surface area contributed by atoms with Gasteiger partial charge in [0.2, 0.25) is 5.91 Å². The van der Waals surface area contributed by atoms with Crippen molar-refractivity contribution < 1.29 is 26.4 Å². The minimum atomic E-state index is -5.58. The topological polar surface area (TPSA) is 63.2 Å². The van der Waals surface area contributed by atoms with Gasteiger partial charge in [-0.25, -0.2) is 4.72 Å². The van der Waals surface area contributed by atoms with Gasteiger partial charge in [0.25, 0.3) is 0 Å². The first-order valence-corrected chi connectivity index (χ1v) is 14.4. The third kappa shape index (κ3) is 20.1. The van der Waals surface area contributed by atoms with Gasteiger partial charge in [0.15, 0.2) is 0 Å². The van der Waals surface area contributed by atoms with Crippen molar-refractivity contribution in [2.24, 2.45) is 0 Å². The molecular weight excluding hydrogens is 451 g/mol. The number of sulfonamides is 1. The van der Waals surface area contributed by atoms with E-state index in [2.05, 4.69) is 6.58 Å². The number of unbranched alkanes of at least 4 members (excludes halogenated alkanes) is 19. The minimum absolute atomic E-state index is 0.203. The summed E-state index contributed by atoms with van der Waals surface area (Å²) in [7, 11) is -5.58. The Hall–Kier alpha value is -1.05. The van der Waals surface area contributed by atoms with E-state index in [1.807, 2.05) is 6.08 Å². The molecule has 1 amide bonds. The number of carbonyl (C=O) groups is 1. The molecule has 4 nitrogen and oxygen atoms in total. The van der Waals surface area contributed by atoms with Gasteiger partial charge >= 0.3 is 15.5 Å². The molecule has 0 aromatic rings. The number of hydrogen-bond donors (Lipinski definition) is 1. The number of carbonyl (C=O) groups excluding carboxylic acids is 1. The summed E-state index contributed by atoms with van der Waals surface area (Å²) in [6.07, 6.45) is 25.7. The van der Waals surface area contributed by atoms with Gasteiger partial charge in [-0.3, -0.25) is 4.79 Å². The molecule has 0 bridgehead atoms. The van der Waals surface area contributed by atoms with Gasteiger partial charge in [-0.1, -0.05) is 115 Å². The molecule has 0 saturated heterocycles. The fraction of sp³-hybridized carbons (Fsp3) is 0.880. The van der Waals surface area contributed by atoms with Crippen LogP contribution >= 0.6 is 0 Å². The zero-order valence-electron chi connectivity index (χ0n) is 20.4. The fourth-order valence-corrected chi connectivity index (χ4v) is 4.36. The van der Waals surface area contributed by atoms with Gasteiger partial charge in [-0.15, -0.1) is 6.58 Å². The average Bonchev–Trinajstić information content (AvgIpc) is 2.73. The van der Waals surface area contributed by atoms with Gasteiger partial charge in [0.1, 0.15) is 0 Å². The van der Waals surface area contributed by atoms with Crippen molar-refractivity contribution in [1.82, 2.24) is 4.72 Å². The molecule has 0 radical (unpaired) electrons. The van der Waals surface area contributed by atoms with E-state index in [0.29, 0.717) is 6.42 Å². The molecule has 0 spiro atoms. The molecule has 0 unspecified atom stereocenters. The number of amides is 1. The number of allylic oxidation sites excluding steroid dienone is 1. The van der Waals surface area contributed by atoms with E-state index in [4.69, 9.17) is 0 Å². The van der Waals surface area contributed by atoms with Crippen LogP contribution in [0.4, 0.5) is 13.2 Å². The molecule has 0 aliphatic rings. The Morgan fingerprint density at radius 3 is 1.24 bits per heavy atom. The smallest absolute Gasteiger partial charge is 0.274 e. The van der Waals surface area contributed by atoms with Gasteiger partial charge in [0, 0.05) is 6.42 Å². The maximum atomic E-state index is 12.2. The van der Waals surface area contributed by atoms with Crippen LogP contribution in [-0.2, 0) is 14.8 Å². The Morgan fingerprint density at radius 2 is 0.939 bits per heavy atom. The van der Waals surface area contributed by atoms with Crippen molar-refractivity contribution in [1.29, 1.82) is 0 Å². The van der Waals surface area contributed by atoms with Crippen molar-refractivity contribution in [3.63, 3.8) is 0 Å². The van der Waals surface area contributed by atoms with Gasteiger partial charge in [-0.05, 0) is 19.3 Å². The Morgan fingerprint density at radius 1 is 0.636 bits per heavy atom. The molecular formula is C25H46F3NO3S. The molecule has 8 heteroatoms. The molecule has 0 saturated carbocycles. The van der Waals surface area contributed by atoms with Gasteiger partial charge in [0.05, 0.1) is 0 Å². The highest BCUT2D eigenvalue weighted by atomic mass is 32.2. The molecule has 196 valence electrons. The van der Waals surface area contributed by atoms with Crippen molar-refractivity contribution in [3.8, 4) is 0 Å². The van der Waals surface area contributed by atoms with E-state index < -0.39 is 21.4 Å². The number of hydrogen-bond acceptors (Lipinski definition) is 3. The molecule has 0 aliphatic carbocycles. The highest BCUT2D eigenvalue weighted by molar-refractivity contribution is 7.90. The largest absolute Gasteiger partial charge is 0.516 e. The van der Waals surface area contributed by atoms with Crippen LogP contribution in [0.2, 0.25) is 0 Å². The van der Waals surface area contributed by atoms with Crippen molar-refractivity contribution in [3.05, 3.63) is 12.7 Å². The monoisotopic (exact) mass is 497 g/mol. The number of rotatable bonds is 23. The lowest BCUT2D eigenvalue weighted by Crippen LogP contribution is -2.40. The third-order valence-electron chi connectivity index (χ3n) is 5.86. The van der Waals surface area contributed by atoms with Crippen molar-refractivity contribution >= 4 is 15.9 Å². The summed E-state index contributed by atoms with van der Waals surface area (Å²) in [5, 5.41) is 0. The highest BCUT2D eigenvalue weighted by Gasteiger charge is 2.46. The van der Waals surface area contributed by atoms with E-state index in [1.165, 1.54) is 89.9 Å². The summed E-state index contributed by atoms with van der Waals surface area (Å²) in [6, 6.07) is 0. The molecule has 0 heterocycles. The first-order chi connectivity index (χ1) is 15.7. The van der Waals surface area contributed by atoms with Crippen LogP contribution in [0, 0.1) is 0 Å². The summed E-state index contributed by atoms with van der Waals surface area (Å²) in [6.45, 7) is 3.75. The number of halogens is 3. The lowest BCUT2D eigenvalue weighted by Gasteiger charge is -2.09. The van der Waals surface area contributed by atoms with Gasteiger partial charge in [-0.2, -0.15) is 21.6 Å². The summed E-state index contributed by atoms with van der Waals surface area (Å²) < 4.78 is 59.2. The van der Waals surface area contributed by atoms with Crippen molar-refractivity contribution in [2.45, 2.75) is 140 Å². The normalized spacial score (nSPS) is 12.1. The maximum absolute atomic E-state index is 12.2. The summed E-state index contributed by atoms with van der Waals surface area (Å²) in [4.78, 5) is 11.3. The number of nitrogens with one attached hydrogen (secondary N) is 1. The van der Waals surface area contributed by atoms with E-state index >= 15 is 0 Å². The second-order valence-corrected chi connectivity index (χ2v) is 10.7. The minimum Gasteiger partial charge on any atom is -0.274 e. The van der Waals surface area contributed by atoms with Crippen molar-refractivity contribution in [2.75, 3.05) is 0 Å². The van der Waals surface area contributed by atoms with Crippen LogP contribution in [0.5, 0.6) is 0 Å². The summed E-state index contributed by atoms with van der Waals surface area (Å²) >= 11 is 0. The molecule has 0 aromatic heterocycles. The number of alkyl halides is 3. The predicted molar refractivity (Wildman–Crippen MR) is 130 cm³/mol. The third-order valence-corrected chi connectivity index (χ3v) is 6.97. The van der Waals surface area contributed by atoms with E-state index in [9.17, 15) is 26.4 Å². The Kier molecular flexibility index (Phi) is 19.7. The van der Waals surface area contributed by atoms with Crippen LogP contribution in [0.3, 0.4) is 0 Å². The van der Waals surface area contributed by atoms with E-state index in [1.54, 1.807) is 0 Å². The molecule has 0 aliphatic heterocycles. The molecule has 33 heavy (non-hydrogen) atoms. The Bertz CT molecular complexity index is 592. The maximum Gasteiger partial charge on any atom is 0.516 e. The fourth-order valence-electron chi connectivity index (χ4n) is 3.84. The first kappa shape index (κ1) is 31.9. The second kappa shape index (κ2) is 20.3. The highest BCUT2D eigenvalue weighted by Crippen LogP contribution is 2.21. The Labute approximate surface area is 200 Å². The second-order valence-electron chi connectivity index (χ2n) is 9.02. The zero-order valence-corrected chi connectivity index (χ0v) is 21.2. The summed E-state index contributed by atoms with van der Waals surface area (Å²) in [5.74, 6) is -1.10. The van der Waals surface area contributed by atoms with Crippen LogP contribution in [0.15, 0.2) is 12.7 Å². The van der Waals surface area contributed by atoms with Crippen LogP contribution < -0.4 is 4.72 Å². The predicted octanol–water partition coefficient (Wildman–Crippen LogP) is 8.33. The molecule has 0 rings (SSSR count). The lowest BCUT2D eigenvalue weighted by atomic mass is 10.0. The first-order valence-electron chi connectivity index (χ1n) is 12.9. The quantitative estimate of drug-likeness (QED) is 0.114. The van der Waals surface area contributed by atoms with Crippen LogP contribution in [0.1, 0.15) is 135 Å². The molecule has 0 fully saturated rings. The van der Waals surface area contributed by atoms with E-state index in [0.717, 1.165) is 36.8 Å². The molecule has 1 N–H and O–H groups in total.